The van der Waals surface area contributed by atoms with Gasteiger partial charge in [-0.3, -0.25) is 14.4 Å². The van der Waals surface area contributed by atoms with Crippen molar-refractivity contribution >= 4 is 52.0 Å². The summed E-state index contributed by atoms with van der Waals surface area (Å²) in [6, 6.07) is -0.731. The smallest absolute Gasteiger partial charge is 0.549 e. The molecular formula is C17H19N4NaO6S2. The molecule has 0 spiro atoms. The predicted octanol–water partition coefficient (Wildman–Crippen LogP) is -4.06. The molecule has 2 unspecified atom stereocenters. The number of thioether (sulfide) groups is 1. The molecule has 0 radical (unpaired) electrons. The van der Waals surface area contributed by atoms with Gasteiger partial charge in [-0.2, -0.15) is 0 Å². The fraction of sp³-hybridized carbons (Fsp3) is 0.471. The number of thiazole rings is 1. The number of rotatable bonds is 8. The summed E-state index contributed by atoms with van der Waals surface area (Å²) in [5.41, 5.74) is -0.902. The van der Waals surface area contributed by atoms with E-state index in [9.17, 15) is 24.3 Å². The number of fused-ring (bicyclic) bond motifs is 1. The van der Waals surface area contributed by atoms with Crippen LogP contribution in [0.2, 0.25) is 0 Å². The number of carbonyl (C=O) groups excluding carboxylic acids is 4. The Labute approximate surface area is 203 Å². The van der Waals surface area contributed by atoms with Gasteiger partial charge < -0.3 is 30.2 Å². The first-order chi connectivity index (χ1) is 13.8. The second kappa shape index (κ2) is 10.1. The van der Waals surface area contributed by atoms with Gasteiger partial charge in [0.05, 0.1) is 23.5 Å². The molecule has 1 aromatic heterocycles. The van der Waals surface area contributed by atoms with Gasteiger partial charge in [-0.25, -0.2) is 4.98 Å². The number of hydrogen-bond acceptors (Lipinski definition) is 10. The molecule has 1 aromatic rings. The monoisotopic (exact) mass is 462 g/mol. The molecular weight excluding hydrogens is 443 g/mol. The standard InChI is InChI=1S/C17H20N4O6S2.Na/c1-3-18-16-19-10(5-28-16)4-11(23)20-12-13(24)21-6-17(15(25)26,7-27-9(2)22)8-29-14(12)21;/h3,5,12,14H,1,4,6-8H2,2H3,(H,18,19)(H,20,23)(H,25,26);/q;+1/p-1/t12?,14-,17?;/m1./s1. The molecule has 2 aliphatic heterocycles. The largest absolute Gasteiger partial charge is 1.00 e. The van der Waals surface area contributed by atoms with E-state index in [0.29, 0.717) is 10.8 Å². The number of nitrogens with one attached hydrogen (secondary N) is 2. The zero-order chi connectivity index (χ0) is 21.2. The minimum atomic E-state index is -1.47. The Hall–Kier alpha value is -1.60. The molecule has 0 aromatic carbocycles. The van der Waals surface area contributed by atoms with E-state index in [1.54, 1.807) is 5.38 Å². The summed E-state index contributed by atoms with van der Waals surface area (Å²) >= 11 is 2.55. The number of nitrogens with zero attached hydrogens (tertiary/aromatic N) is 2. The average Bonchev–Trinajstić information content (AvgIpc) is 3.11. The van der Waals surface area contributed by atoms with E-state index in [-0.39, 0.29) is 72.1 Å². The van der Waals surface area contributed by atoms with Crippen LogP contribution in [0.25, 0.3) is 0 Å². The van der Waals surface area contributed by atoms with Crippen LogP contribution >= 0.6 is 23.1 Å². The Bertz CT molecular complexity index is 865. The van der Waals surface area contributed by atoms with Crippen molar-refractivity contribution in [3.8, 4) is 0 Å². The first-order valence-electron chi connectivity index (χ1n) is 8.64. The molecule has 2 amide bonds. The van der Waals surface area contributed by atoms with Crippen LogP contribution in [-0.4, -0.2) is 64.0 Å². The number of aliphatic carboxylic acids is 1. The Balaban J connectivity index is 0.00000320. The normalized spacial score (nSPS) is 24.6. The second-order valence-electron chi connectivity index (χ2n) is 6.73. The molecule has 13 heteroatoms. The summed E-state index contributed by atoms with van der Waals surface area (Å²) in [5, 5.41) is 19.1. The van der Waals surface area contributed by atoms with Gasteiger partial charge in [0.25, 0.3) is 0 Å². The maximum Gasteiger partial charge on any atom is 1.00 e. The van der Waals surface area contributed by atoms with Crippen LogP contribution in [0.3, 0.4) is 0 Å². The Morgan fingerprint density at radius 1 is 1.50 bits per heavy atom. The zero-order valence-corrected chi connectivity index (χ0v) is 20.1. The third-order valence-electron chi connectivity index (χ3n) is 4.57. The van der Waals surface area contributed by atoms with Gasteiger partial charge in [0.15, 0.2) is 5.13 Å². The minimum Gasteiger partial charge on any atom is -0.549 e. The summed E-state index contributed by atoms with van der Waals surface area (Å²) in [6.45, 7) is 4.22. The van der Waals surface area contributed by atoms with Crippen LogP contribution in [0.1, 0.15) is 12.6 Å². The summed E-state index contributed by atoms with van der Waals surface area (Å²) < 4.78 is 4.87. The molecule has 30 heavy (non-hydrogen) atoms. The number of carboxylic acid groups (broad SMARTS) is 1. The van der Waals surface area contributed by atoms with Crippen molar-refractivity contribution in [2.24, 2.45) is 5.41 Å². The molecule has 2 saturated heterocycles. The van der Waals surface area contributed by atoms with Crippen LogP contribution in [0.5, 0.6) is 0 Å². The summed E-state index contributed by atoms with van der Waals surface area (Å²) in [7, 11) is 0. The van der Waals surface area contributed by atoms with Crippen LogP contribution < -0.4 is 45.3 Å². The number of esters is 1. The molecule has 0 bridgehead atoms. The molecule has 2 aliphatic rings. The second-order valence-corrected chi connectivity index (χ2v) is 8.69. The van der Waals surface area contributed by atoms with Gasteiger partial charge in [-0.05, 0) is 6.20 Å². The van der Waals surface area contributed by atoms with Gasteiger partial charge in [-0.1, -0.05) is 6.58 Å². The molecule has 3 atom stereocenters. The number of anilines is 1. The number of amides is 2. The van der Waals surface area contributed by atoms with Crippen molar-refractivity contribution in [3.05, 3.63) is 23.9 Å². The summed E-state index contributed by atoms with van der Waals surface area (Å²) in [6.07, 6.45) is 1.50. The maximum absolute atomic E-state index is 12.5. The molecule has 0 aliphatic carbocycles. The third-order valence-corrected chi connectivity index (χ3v) is 6.97. The predicted molar refractivity (Wildman–Crippen MR) is 104 cm³/mol. The van der Waals surface area contributed by atoms with Gasteiger partial charge in [0, 0.05) is 24.6 Å². The topological polar surface area (TPSA) is 141 Å². The van der Waals surface area contributed by atoms with Crippen LogP contribution in [-0.2, 0) is 30.3 Å². The van der Waals surface area contributed by atoms with Crippen LogP contribution in [0, 0.1) is 5.41 Å². The van der Waals surface area contributed by atoms with Crippen LogP contribution in [0.15, 0.2) is 18.2 Å². The van der Waals surface area contributed by atoms with E-state index < -0.39 is 23.4 Å². The van der Waals surface area contributed by atoms with Gasteiger partial charge in [0.1, 0.15) is 18.0 Å². The van der Waals surface area contributed by atoms with E-state index >= 15 is 0 Å². The number of β-lactam (4-membered cyclic amide) rings is 1. The molecule has 156 valence electrons. The van der Waals surface area contributed by atoms with Crippen molar-refractivity contribution in [2.75, 3.05) is 24.2 Å². The SMILES string of the molecule is C=CNc1nc(CC(=O)NC2C(=O)N3CC(COC(C)=O)(C(=O)[O-])CS[C@H]23)cs1.[Na+]. The van der Waals surface area contributed by atoms with Gasteiger partial charge in [0.2, 0.25) is 11.8 Å². The zero-order valence-electron chi connectivity index (χ0n) is 16.5. The number of ether oxygens (including phenoxy) is 1. The number of aromatic nitrogens is 1. The molecule has 2 N–H and O–H groups in total. The maximum atomic E-state index is 12.5. The van der Waals surface area contributed by atoms with Crippen molar-refractivity contribution in [2.45, 2.75) is 24.8 Å². The summed E-state index contributed by atoms with van der Waals surface area (Å²) in [4.78, 5) is 53.0. The minimum absolute atomic E-state index is 0. The van der Waals surface area contributed by atoms with Crippen LogP contribution in [0.4, 0.5) is 5.13 Å². The van der Waals surface area contributed by atoms with Gasteiger partial charge in [-0.15, -0.1) is 23.1 Å². The van der Waals surface area contributed by atoms with Gasteiger partial charge >= 0.3 is 35.5 Å². The third kappa shape index (κ3) is 5.17. The van der Waals surface area contributed by atoms with E-state index in [1.807, 2.05) is 0 Å². The average molecular weight is 462 g/mol. The molecule has 3 heterocycles. The molecule has 3 rings (SSSR count). The first-order valence-corrected chi connectivity index (χ1v) is 10.6. The Kier molecular flexibility index (Phi) is 8.34. The number of hydrogen-bond donors (Lipinski definition) is 2. The Morgan fingerprint density at radius 3 is 2.87 bits per heavy atom. The Morgan fingerprint density at radius 2 is 2.23 bits per heavy atom. The molecule has 2 fully saturated rings. The molecule has 0 saturated carbocycles. The fourth-order valence-electron chi connectivity index (χ4n) is 3.07. The molecule has 10 nitrogen and oxygen atoms in total. The van der Waals surface area contributed by atoms with E-state index in [1.165, 1.54) is 41.1 Å². The summed E-state index contributed by atoms with van der Waals surface area (Å²) in [5.74, 6) is -2.61. The number of carbonyl (C=O) groups is 4. The van der Waals surface area contributed by atoms with Crippen molar-refractivity contribution in [3.63, 3.8) is 0 Å². The van der Waals surface area contributed by atoms with E-state index in [4.69, 9.17) is 4.74 Å². The van der Waals surface area contributed by atoms with E-state index in [0.717, 1.165) is 0 Å². The van der Waals surface area contributed by atoms with Crippen molar-refractivity contribution < 1.29 is 58.6 Å². The van der Waals surface area contributed by atoms with E-state index in [2.05, 4.69) is 22.2 Å². The number of carboxylic acids is 1. The van der Waals surface area contributed by atoms with Crippen molar-refractivity contribution in [1.29, 1.82) is 0 Å². The first kappa shape index (κ1) is 24.7. The fourth-order valence-corrected chi connectivity index (χ4v) is 5.29. The quantitative estimate of drug-likeness (QED) is 0.224. The van der Waals surface area contributed by atoms with Crippen molar-refractivity contribution in [1.82, 2.24) is 15.2 Å².